The van der Waals surface area contributed by atoms with E-state index in [2.05, 4.69) is 30.1 Å². The molecule has 2 fully saturated rings. The molecule has 0 spiro atoms. The second-order valence-electron chi connectivity index (χ2n) is 10.7. The Kier molecular flexibility index (Phi) is 7.64. The van der Waals surface area contributed by atoms with E-state index in [9.17, 15) is 4.79 Å². The molecular formula is C26H34ClN9O2. The Morgan fingerprint density at radius 3 is 2.47 bits per heavy atom. The van der Waals surface area contributed by atoms with Gasteiger partial charge in [0.25, 0.3) is 0 Å². The lowest BCUT2D eigenvalue weighted by molar-refractivity contribution is 0.0288. The standard InChI is InChI=1S/C26H34ClN9O2/c1-26(2,3)38-25(37)36-9-7-18(15-36)6-8-29-22-20-14-19(27)4-5-21(20)32-24(33-22)35-12-10-34(11-13-35)23-30-16-28-17-31-23/h4-5,14,16-18H,6-13,15H2,1-3H3,(H,29,32,33)/t18-/m1/s1. The lowest BCUT2D eigenvalue weighted by Gasteiger charge is -2.34. The Morgan fingerprint density at radius 2 is 1.76 bits per heavy atom. The van der Waals surface area contributed by atoms with Crippen molar-refractivity contribution in [3.8, 4) is 0 Å². The van der Waals surface area contributed by atoms with E-state index in [1.165, 1.54) is 12.7 Å². The van der Waals surface area contributed by atoms with Gasteiger partial charge in [-0.15, -0.1) is 0 Å². The van der Waals surface area contributed by atoms with Crippen molar-refractivity contribution in [3.05, 3.63) is 35.9 Å². The van der Waals surface area contributed by atoms with E-state index in [0.717, 1.165) is 68.8 Å². The molecule has 11 nitrogen and oxygen atoms in total. The van der Waals surface area contributed by atoms with Gasteiger partial charge in [0.05, 0.1) is 5.52 Å². The normalized spacial score (nSPS) is 18.2. The average molecular weight is 540 g/mol. The molecule has 2 saturated heterocycles. The summed E-state index contributed by atoms with van der Waals surface area (Å²) in [6.07, 6.45) is 4.69. The maximum atomic E-state index is 12.4. The summed E-state index contributed by atoms with van der Waals surface area (Å²) in [5.41, 5.74) is 0.363. The van der Waals surface area contributed by atoms with Gasteiger partial charge in [-0.2, -0.15) is 4.98 Å². The number of nitrogens with one attached hydrogen (secondary N) is 1. The molecule has 5 rings (SSSR count). The van der Waals surface area contributed by atoms with Crippen LogP contribution in [0.15, 0.2) is 30.9 Å². The summed E-state index contributed by atoms with van der Waals surface area (Å²) < 4.78 is 5.53. The molecule has 0 radical (unpaired) electrons. The Balaban J connectivity index is 1.23. The number of amides is 1. The first-order valence-corrected chi connectivity index (χ1v) is 13.4. The summed E-state index contributed by atoms with van der Waals surface area (Å²) in [6, 6.07) is 5.69. The van der Waals surface area contributed by atoms with Crippen molar-refractivity contribution < 1.29 is 9.53 Å². The summed E-state index contributed by atoms with van der Waals surface area (Å²) in [7, 11) is 0. The second-order valence-corrected chi connectivity index (χ2v) is 11.2. The van der Waals surface area contributed by atoms with Crippen LogP contribution in [0.4, 0.5) is 22.5 Å². The van der Waals surface area contributed by atoms with Crippen LogP contribution in [-0.4, -0.2) is 87.3 Å². The Labute approximate surface area is 227 Å². The molecule has 4 heterocycles. The van der Waals surface area contributed by atoms with Crippen LogP contribution in [0.1, 0.15) is 33.6 Å². The van der Waals surface area contributed by atoms with Crippen molar-refractivity contribution in [2.45, 2.75) is 39.2 Å². The van der Waals surface area contributed by atoms with E-state index >= 15 is 0 Å². The summed E-state index contributed by atoms with van der Waals surface area (Å²) in [5, 5.41) is 5.07. The van der Waals surface area contributed by atoms with E-state index in [-0.39, 0.29) is 6.09 Å². The summed E-state index contributed by atoms with van der Waals surface area (Å²) in [6.45, 7) is 10.9. The fourth-order valence-electron chi connectivity index (χ4n) is 4.82. The van der Waals surface area contributed by atoms with Gasteiger partial charge in [0.15, 0.2) is 0 Å². The molecule has 2 aliphatic heterocycles. The SMILES string of the molecule is CC(C)(C)OC(=O)N1CC[C@@H](CCNc2nc(N3CCN(c4ncncn4)CC3)nc3ccc(Cl)cc23)C1. The van der Waals surface area contributed by atoms with E-state index in [1.54, 1.807) is 0 Å². The summed E-state index contributed by atoms with van der Waals surface area (Å²) in [4.78, 5) is 40.7. The minimum Gasteiger partial charge on any atom is -0.444 e. The van der Waals surface area contributed by atoms with Gasteiger partial charge >= 0.3 is 6.09 Å². The van der Waals surface area contributed by atoms with Gasteiger partial charge in [-0.05, 0) is 57.7 Å². The summed E-state index contributed by atoms with van der Waals surface area (Å²) >= 11 is 6.32. The maximum Gasteiger partial charge on any atom is 0.410 e. The average Bonchev–Trinajstić information content (AvgIpc) is 3.38. The van der Waals surface area contributed by atoms with E-state index in [4.69, 9.17) is 26.3 Å². The molecule has 12 heteroatoms. The van der Waals surface area contributed by atoms with Gasteiger partial charge in [0.1, 0.15) is 24.1 Å². The largest absolute Gasteiger partial charge is 0.444 e. The number of ether oxygens (including phenoxy) is 1. The number of hydrogen-bond donors (Lipinski definition) is 1. The molecule has 0 aliphatic carbocycles. The highest BCUT2D eigenvalue weighted by atomic mass is 35.5. The number of likely N-dealkylation sites (tertiary alicyclic amines) is 1. The predicted molar refractivity (Wildman–Crippen MR) is 148 cm³/mol. The quantitative estimate of drug-likeness (QED) is 0.495. The lowest BCUT2D eigenvalue weighted by Crippen LogP contribution is -2.47. The number of anilines is 3. The highest BCUT2D eigenvalue weighted by Gasteiger charge is 2.29. The second kappa shape index (κ2) is 11.1. The summed E-state index contributed by atoms with van der Waals surface area (Å²) in [5.74, 6) is 2.56. The van der Waals surface area contributed by atoms with Crippen molar-refractivity contribution in [3.63, 3.8) is 0 Å². The van der Waals surface area contributed by atoms with Gasteiger partial charge in [-0.1, -0.05) is 11.6 Å². The Hall–Kier alpha value is -3.47. The third kappa shape index (κ3) is 6.32. The lowest BCUT2D eigenvalue weighted by atomic mass is 10.1. The highest BCUT2D eigenvalue weighted by molar-refractivity contribution is 6.31. The number of piperazine rings is 1. The van der Waals surface area contributed by atoms with Crippen LogP contribution in [0.25, 0.3) is 10.9 Å². The molecular weight excluding hydrogens is 506 g/mol. The van der Waals surface area contributed by atoms with Crippen LogP contribution in [0.2, 0.25) is 5.02 Å². The Bertz CT molecular complexity index is 1260. The molecule has 2 aliphatic rings. The molecule has 1 aromatic carbocycles. The van der Waals surface area contributed by atoms with Crippen LogP contribution < -0.4 is 15.1 Å². The molecule has 38 heavy (non-hydrogen) atoms. The topological polar surface area (TPSA) is 113 Å². The number of hydrogen-bond acceptors (Lipinski definition) is 10. The van der Waals surface area contributed by atoms with Crippen LogP contribution in [0, 0.1) is 5.92 Å². The first-order chi connectivity index (χ1) is 18.2. The smallest absolute Gasteiger partial charge is 0.410 e. The van der Waals surface area contributed by atoms with Gasteiger partial charge in [0, 0.05) is 56.2 Å². The number of rotatable bonds is 6. The van der Waals surface area contributed by atoms with E-state index in [0.29, 0.717) is 29.4 Å². The van der Waals surface area contributed by atoms with Crippen LogP contribution in [-0.2, 0) is 4.74 Å². The van der Waals surface area contributed by atoms with Crippen molar-refractivity contribution >= 4 is 46.3 Å². The molecule has 0 bridgehead atoms. The van der Waals surface area contributed by atoms with Gasteiger partial charge in [-0.25, -0.2) is 24.7 Å². The Morgan fingerprint density at radius 1 is 1.05 bits per heavy atom. The first-order valence-electron chi connectivity index (χ1n) is 13.1. The number of nitrogens with zero attached hydrogens (tertiary/aromatic N) is 8. The number of aromatic nitrogens is 5. The van der Waals surface area contributed by atoms with Crippen molar-refractivity contribution in [1.82, 2.24) is 29.8 Å². The van der Waals surface area contributed by atoms with Gasteiger partial charge < -0.3 is 24.8 Å². The maximum absolute atomic E-state index is 12.4. The molecule has 1 N–H and O–H groups in total. The molecule has 3 aromatic rings. The molecule has 1 amide bonds. The fraction of sp³-hybridized carbons (Fsp3) is 0.538. The zero-order chi connectivity index (χ0) is 26.7. The first kappa shape index (κ1) is 26.1. The van der Waals surface area contributed by atoms with E-state index < -0.39 is 5.60 Å². The zero-order valence-corrected chi connectivity index (χ0v) is 22.9. The molecule has 202 valence electrons. The minimum absolute atomic E-state index is 0.232. The number of benzene rings is 1. The number of fused-ring (bicyclic) bond motifs is 1. The van der Waals surface area contributed by atoms with Crippen LogP contribution >= 0.6 is 11.6 Å². The molecule has 2 aromatic heterocycles. The van der Waals surface area contributed by atoms with Crippen molar-refractivity contribution in [1.29, 1.82) is 0 Å². The van der Waals surface area contributed by atoms with Crippen LogP contribution in [0.3, 0.4) is 0 Å². The highest BCUT2D eigenvalue weighted by Crippen LogP contribution is 2.28. The zero-order valence-electron chi connectivity index (χ0n) is 22.1. The molecule has 1 atom stereocenters. The number of halogens is 1. The van der Waals surface area contributed by atoms with Crippen LogP contribution in [0.5, 0.6) is 0 Å². The van der Waals surface area contributed by atoms with E-state index in [1.807, 2.05) is 43.9 Å². The monoisotopic (exact) mass is 539 g/mol. The molecule has 0 saturated carbocycles. The number of carbonyl (C=O) groups is 1. The number of carbonyl (C=O) groups excluding carboxylic acids is 1. The fourth-order valence-corrected chi connectivity index (χ4v) is 4.99. The minimum atomic E-state index is -0.483. The van der Waals surface area contributed by atoms with Crippen molar-refractivity contribution in [2.75, 3.05) is 60.9 Å². The predicted octanol–water partition coefficient (Wildman–Crippen LogP) is 3.85. The third-order valence-electron chi connectivity index (χ3n) is 6.75. The van der Waals surface area contributed by atoms with Crippen molar-refractivity contribution in [2.24, 2.45) is 5.92 Å². The van der Waals surface area contributed by atoms with Gasteiger partial charge in [0.2, 0.25) is 11.9 Å². The third-order valence-corrected chi connectivity index (χ3v) is 6.99. The molecule has 0 unspecified atom stereocenters. The van der Waals surface area contributed by atoms with Gasteiger partial charge in [-0.3, -0.25) is 0 Å².